The molecular weight excluding hydrogens is 212 g/mol. The summed E-state index contributed by atoms with van der Waals surface area (Å²) in [6, 6.07) is 0. The number of hydrogen-bond acceptors (Lipinski definition) is 2. The molecule has 1 aliphatic carbocycles. The van der Waals surface area contributed by atoms with E-state index in [-0.39, 0.29) is 17.8 Å². The van der Waals surface area contributed by atoms with Crippen molar-refractivity contribution in [3.05, 3.63) is 35.5 Å². The minimum Gasteiger partial charge on any atom is -0.466 e. The molecule has 2 atom stereocenters. The third-order valence-electron chi connectivity index (χ3n) is 3.21. The van der Waals surface area contributed by atoms with Gasteiger partial charge in [0.25, 0.3) is 0 Å². The summed E-state index contributed by atoms with van der Waals surface area (Å²) in [6.07, 6.45) is 9.07. The van der Waals surface area contributed by atoms with Crippen LogP contribution in [0.5, 0.6) is 0 Å². The maximum Gasteiger partial charge on any atom is 0.309 e. The Morgan fingerprint density at radius 3 is 2.53 bits per heavy atom. The number of ether oxygens (including phenoxy) is 1. The van der Waals surface area contributed by atoms with Crippen molar-refractivity contribution in [2.24, 2.45) is 11.8 Å². The summed E-state index contributed by atoms with van der Waals surface area (Å²) in [5, 5.41) is 0. The molecule has 0 fully saturated rings. The lowest BCUT2D eigenvalue weighted by Crippen LogP contribution is -2.21. The highest BCUT2D eigenvalue weighted by molar-refractivity contribution is 5.75. The number of rotatable bonds is 4. The molecule has 0 saturated heterocycles. The zero-order valence-electron chi connectivity index (χ0n) is 11.2. The molecule has 2 unspecified atom stereocenters. The minimum atomic E-state index is -0.0680. The van der Waals surface area contributed by atoms with Crippen LogP contribution in [0.3, 0.4) is 0 Å². The van der Waals surface area contributed by atoms with Gasteiger partial charge >= 0.3 is 5.97 Å². The standard InChI is InChI=1S/C15H22O2/c1-5-8-12-10-14(15(16)17-7-3)11(4)13(12)9-6-2/h5-6,8-9,11,14H,7,10H2,1-4H3/b8-5-,9-6-. The Morgan fingerprint density at radius 1 is 1.35 bits per heavy atom. The van der Waals surface area contributed by atoms with Gasteiger partial charge in [0, 0.05) is 0 Å². The van der Waals surface area contributed by atoms with Crippen LogP contribution in [0.2, 0.25) is 0 Å². The maximum absolute atomic E-state index is 11.9. The molecule has 0 saturated carbocycles. The Kier molecular flexibility index (Phi) is 5.20. The fraction of sp³-hybridized carbons (Fsp3) is 0.533. The van der Waals surface area contributed by atoms with Crippen LogP contribution in [0.1, 0.15) is 34.1 Å². The van der Waals surface area contributed by atoms with E-state index in [1.807, 2.05) is 32.9 Å². The van der Waals surface area contributed by atoms with Crippen molar-refractivity contribution < 1.29 is 9.53 Å². The molecule has 0 aromatic heterocycles. The molecule has 94 valence electrons. The van der Waals surface area contributed by atoms with Crippen LogP contribution >= 0.6 is 0 Å². The molecule has 0 aromatic carbocycles. The van der Waals surface area contributed by atoms with E-state index in [1.54, 1.807) is 0 Å². The van der Waals surface area contributed by atoms with Gasteiger partial charge in [0.2, 0.25) is 0 Å². The van der Waals surface area contributed by atoms with Gasteiger partial charge in [0.1, 0.15) is 0 Å². The smallest absolute Gasteiger partial charge is 0.309 e. The Morgan fingerprint density at radius 2 is 2.00 bits per heavy atom. The highest BCUT2D eigenvalue weighted by Gasteiger charge is 2.35. The van der Waals surface area contributed by atoms with Gasteiger partial charge in [-0.3, -0.25) is 4.79 Å². The van der Waals surface area contributed by atoms with E-state index >= 15 is 0 Å². The van der Waals surface area contributed by atoms with Gasteiger partial charge in [-0.1, -0.05) is 31.2 Å². The largest absolute Gasteiger partial charge is 0.466 e. The van der Waals surface area contributed by atoms with E-state index in [2.05, 4.69) is 19.1 Å². The van der Waals surface area contributed by atoms with Crippen molar-refractivity contribution in [2.75, 3.05) is 6.61 Å². The van der Waals surface area contributed by atoms with Gasteiger partial charge in [-0.15, -0.1) is 0 Å². The maximum atomic E-state index is 11.9. The van der Waals surface area contributed by atoms with Crippen LogP contribution in [-0.2, 0) is 9.53 Å². The Bertz CT molecular complexity index is 361. The highest BCUT2D eigenvalue weighted by atomic mass is 16.5. The molecule has 0 aliphatic heterocycles. The van der Waals surface area contributed by atoms with E-state index in [9.17, 15) is 4.79 Å². The predicted molar refractivity (Wildman–Crippen MR) is 70.6 cm³/mol. The second kappa shape index (κ2) is 6.43. The lowest BCUT2D eigenvalue weighted by molar-refractivity contribution is -0.148. The third kappa shape index (κ3) is 3.09. The molecule has 0 radical (unpaired) electrons. The van der Waals surface area contributed by atoms with Crippen LogP contribution in [0.25, 0.3) is 0 Å². The summed E-state index contributed by atoms with van der Waals surface area (Å²) >= 11 is 0. The molecule has 2 heteroatoms. The summed E-state index contributed by atoms with van der Waals surface area (Å²) in [5.74, 6) is 0.158. The van der Waals surface area contributed by atoms with Crippen LogP contribution in [-0.4, -0.2) is 12.6 Å². The minimum absolute atomic E-state index is 0.0210. The molecule has 0 amide bonds. The van der Waals surface area contributed by atoms with Crippen molar-refractivity contribution >= 4 is 5.97 Å². The van der Waals surface area contributed by atoms with Gasteiger partial charge in [0.05, 0.1) is 12.5 Å². The van der Waals surface area contributed by atoms with E-state index < -0.39 is 0 Å². The van der Waals surface area contributed by atoms with Crippen molar-refractivity contribution in [3.63, 3.8) is 0 Å². The molecule has 0 N–H and O–H groups in total. The number of esters is 1. The second-order valence-electron chi connectivity index (χ2n) is 4.33. The fourth-order valence-electron chi connectivity index (χ4n) is 2.38. The third-order valence-corrected chi connectivity index (χ3v) is 3.21. The van der Waals surface area contributed by atoms with Gasteiger partial charge in [0.15, 0.2) is 0 Å². The average molecular weight is 234 g/mol. The Labute approximate surface area is 104 Å². The zero-order chi connectivity index (χ0) is 12.8. The molecule has 1 aliphatic rings. The predicted octanol–water partition coefficient (Wildman–Crippen LogP) is 3.65. The summed E-state index contributed by atoms with van der Waals surface area (Å²) in [6.45, 7) is 8.42. The normalized spacial score (nSPS) is 25.2. The van der Waals surface area contributed by atoms with Crippen molar-refractivity contribution in [2.45, 2.75) is 34.1 Å². The lowest BCUT2D eigenvalue weighted by atomic mass is 9.93. The summed E-state index contributed by atoms with van der Waals surface area (Å²) < 4.78 is 5.14. The first-order valence-corrected chi connectivity index (χ1v) is 6.30. The molecule has 17 heavy (non-hydrogen) atoms. The SMILES string of the molecule is C/C=C\C1=C(/C=C\C)C(C)C(C(=O)OCC)C1. The molecular formula is C15H22O2. The first-order valence-electron chi connectivity index (χ1n) is 6.30. The van der Waals surface area contributed by atoms with E-state index in [0.29, 0.717) is 6.61 Å². The fourth-order valence-corrected chi connectivity index (χ4v) is 2.38. The van der Waals surface area contributed by atoms with Crippen LogP contribution in [0.15, 0.2) is 35.5 Å². The summed E-state index contributed by atoms with van der Waals surface area (Å²) in [7, 11) is 0. The number of carbonyl (C=O) groups excluding carboxylic acids is 1. The summed E-state index contributed by atoms with van der Waals surface area (Å²) in [5.41, 5.74) is 2.53. The van der Waals surface area contributed by atoms with Gasteiger partial charge < -0.3 is 4.74 Å². The van der Waals surface area contributed by atoms with Crippen LogP contribution in [0.4, 0.5) is 0 Å². The molecule has 0 spiro atoms. The van der Waals surface area contributed by atoms with Gasteiger partial charge in [-0.2, -0.15) is 0 Å². The highest BCUT2D eigenvalue weighted by Crippen LogP contribution is 2.39. The van der Waals surface area contributed by atoms with Crippen molar-refractivity contribution in [1.29, 1.82) is 0 Å². The molecule has 2 nitrogen and oxygen atoms in total. The van der Waals surface area contributed by atoms with E-state index in [1.165, 1.54) is 11.1 Å². The first-order chi connectivity index (χ1) is 8.15. The average Bonchev–Trinajstić information content (AvgIpc) is 2.59. The zero-order valence-corrected chi connectivity index (χ0v) is 11.2. The molecule has 1 rings (SSSR count). The van der Waals surface area contributed by atoms with Crippen molar-refractivity contribution in [3.8, 4) is 0 Å². The topological polar surface area (TPSA) is 26.3 Å². The quantitative estimate of drug-likeness (QED) is 0.694. The number of carbonyl (C=O) groups is 1. The second-order valence-corrected chi connectivity index (χ2v) is 4.33. The number of hydrogen-bond donors (Lipinski definition) is 0. The first kappa shape index (κ1) is 13.8. The summed E-state index contributed by atoms with van der Waals surface area (Å²) in [4.78, 5) is 11.9. The van der Waals surface area contributed by atoms with E-state index in [4.69, 9.17) is 4.74 Å². The Balaban J connectivity index is 2.91. The Hall–Kier alpha value is -1.31. The molecule has 0 heterocycles. The number of allylic oxidation sites excluding steroid dienone is 6. The van der Waals surface area contributed by atoms with Crippen molar-refractivity contribution in [1.82, 2.24) is 0 Å². The van der Waals surface area contributed by atoms with Gasteiger partial charge in [-0.05, 0) is 44.3 Å². The van der Waals surface area contributed by atoms with Crippen LogP contribution < -0.4 is 0 Å². The molecule has 0 aromatic rings. The van der Waals surface area contributed by atoms with Gasteiger partial charge in [-0.25, -0.2) is 0 Å². The van der Waals surface area contributed by atoms with Crippen LogP contribution in [0, 0.1) is 11.8 Å². The lowest BCUT2D eigenvalue weighted by Gasteiger charge is -2.15. The van der Waals surface area contributed by atoms with E-state index in [0.717, 1.165) is 6.42 Å². The monoisotopic (exact) mass is 234 g/mol. The molecule has 0 bridgehead atoms.